The molecule has 0 bridgehead atoms. The zero-order valence-electron chi connectivity index (χ0n) is 16.6. The van der Waals surface area contributed by atoms with Crippen molar-refractivity contribution in [3.63, 3.8) is 0 Å². The molecular weight excluding hydrogens is 368 g/mol. The first kappa shape index (κ1) is 19.6. The summed E-state index contributed by atoms with van der Waals surface area (Å²) in [5.41, 5.74) is 0.533. The largest absolute Gasteiger partial charge is 0.375 e. The summed E-state index contributed by atoms with van der Waals surface area (Å²) in [5.74, 6) is 0.510. The molecule has 0 radical (unpaired) electrons. The Kier molecular flexibility index (Phi) is 5.94. The van der Waals surface area contributed by atoms with E-state index in [1.165, 1.54) is 0 Å². The SMILES string of the molecule is O=C(NCC1CCOC2(CCN(C(=O)Cn3ccnc3)CC2)C1)c1ccccc1. The van der Waals surface area contributed by atoms with Gasteiger partial charge in [0.1, 0.15) is 6.54 Å². The fraction of sp³-hybridized carbons (Fsp3) is 0.500. The lowest BCUT2D eigenvalue weighted by Crippen LogP contribution is -2.52. The number of likely N-dealkylation sites (tertiary alicyclic amines) is 1. The molecule has 2 saturated heterocycles. The molecule has 0 aliphatic carbocycles. The zero-order valence-corrected chi connectivity index (χ0v) is 16.6. The Morgan fingerprint density at radius 3 is 2.72 bits per heavy atom. The summed E-state index contributed by atoms with van der Waals surface area (Å²) in [7, 11) is 0. The van der Waals surface area contributed by atoms with Gasteiger partial charge in [-0.05, 0) is 43.7 Å². The van der Waals surface area contributed by atoms with Gasteiger partial charge in [0.25, 0.3) is 5.91 Å². The molecule has 7 heteroatoms. The molecule has 3 heterocycles. The van der Waals surface area contributed by atoms with E-state index in [9.17, 15) is 9.59 Å². The van der Waals surface area contributed by atoms with Crippen molar-refractivity contribution >= 4 is 11.8 Å². The Labute approximate surface area is 171 Å². The number of carbonyl (C=O) groups is 2. The van der Waals surface area contributed by atoms with Gasteiger partial charge in [0.05, 0.1) is 11.9 Å². The minimum Gasteiger partial charge on any atom is -0.375 e. The number of amides is 2. The Morgan fingerprint density at radius 1 is 1.21 bits per heavy atom. The maximum Gasteiger partial charge on any atom is 0.251 e. The second kappa shape index (κ2) is 8.78. The molecule has 0 saturated carbocycles. The third kappa shape index (κ3) is 4.85. The molecule has 2 amide bonds. The summed E-state index contributed by atoms with van der Waals surface area (Å²) in [4.78, 5) is 30.7. The third-order valence-electron chi connectivity index (χ3n) is 6.09. The normalized spacial score (nSPS) is 21.1. The van der Waals surface area contributed by atoms with E-state index in [4.69, 9.17) is 4.74 Å². The number of carbonyl (C=O) groups excluding carboxylic acids is 2. The van der Waals surface area contributed by atoms with Crippen molar-refractivity contribution in [2.75, 3.05) is 26.2 Å². The lowest BCUT2D eigenvalue weighted by atomic mass is 9.79. The van der Waals surface area contributed by atoms with Gasteiger partial charge in [-0.25, -0.2) is 4.98 Å². The Hall–Kier alpha value is -2.67. The molecule has 2 aliphatic rings. The first-order valence-corrected chi connectivity index (χ1v) is 10.3. The lowest BCUT2D eigenvalue weighted by molar-refractivity contribution is -0.147. The van der Waals surface area contributed by atoms with E-state index < -0.39 is 0 Å². The summed E-state index contributed by atoms with van der Waals surface area (Å²) < 4.78 is 8.00. The molecule has 29 heavy (non-hydrogen) atoms. The number of aromatic nitrogens is 2. The minimum atomic E-state index is -0.161. The highest BCUT2D eigenvalue weighted by atomic mass is 16.5. The van der Waals surface area contributed by atoms with Gasteiger partial charge >= 0.3 is 0 Å². The van der Waals surface area contributed by atoms with Crippen molar-refractivity contribution in [2.24, 2.45) is 5.92 Å². The molecule has 2 fully saturated rings. The van der Waals surface area contributed by atoms with E-state index in [1.807, 2.05) is 41.4 Å². The molecule has 1 unspecified atom stereocenters. The first-order valence-electron chi connectivity index (χ1n) is 10.3. The lowest BCUT2D eigenvalue weighted by Gasteiger charge is -2.46. The molecular formula is C22H28N4O3. The second-order valence-electron chi connectivity index (χ2n) is 8.08. The number of imidazole rings is 1. The van der Waals surface area contributed by atoms with Gasteiger partial charge < -0.3 is 19.5 Å². The van der Waals surface area contributed by atoms with Crippen LogP contribution >= 0.6 is 0 Å². The van der Waals surface area contributed by atoms with Crippen LogP contribution in [0.1, 0.15) is 36.0 Å². The molecule has 1 atom stereocenters. The van der Waals surface area contributed by atoms with Gasteiger partial charge in [-0.3, -0.25) is 9.59 Å². The Morgan fingerprint density at radius 2 is 2.00 bits per heavy atom. The molecule has 2 aliphatic heterocycles. The van der Waals surface area contributed by atoms with Gasteiger partial charge in [0, 0.05) is 44.2 Å². The van der Waals surface area contributed by atoms with E-state index in [2.05, 4.69) is 10.3 Å². The van der Waals surface area contributed by atoms with Crippen LogP contribution in [0.15, 0.2) is 49.1 Å². The fourth-order valence-corrected chi connectivity index (χ4v) is 4.38. The highest BCUT2D eigenvalue weighted by molar-refractivity contribution is 5.94. The van der Waals surface area contributed by atoms with E-state index in [0.717, 1.165) is 45.4 Å². The van der Waals surface area contributed by atoms with E-state index in [0.29, 0.717) is 24.6 Å². The molecule has 1 aromatic heterocycles. The highest BCUT2D eigenvalue weighted by Crippen LogP contribution is 2.37. The number of nitrogens with zero attached hydrogens (tertiary/aromatic N) is 3. The quantitative estimate of drug-likeness (QED) is 0.840. The molecule has 2 aromatic rings. The Balaban J connectivity index is 1.26. The number of hydrogen-bond acceptors (Lipinski definition) is 4. The Bertz CT molecular complexity index is 814. The van der Waals surface area contributed by atoms with Gasteiger partial charge in [-0.2, -0.15) is 0 Å². The van der Waals surface area contributed by atoms with Gasteiger partial charge in [-0.1, -0.05) is 18.2 Å². The van der Waals surface area contributed by atoms with Crippen LogP contribution in [-0.4, -0.2) is 58.1 Å². The number of nitrogens with one attached hydrogen (secondary N) is 1. The summed E-state index contributed by atoms with van der Waals surface area (Å²) >= 11 is 0. The molecule has 4 rings (SSSR count). The van der Waals surface area contributed by atoms with Crippen LogP contribution < -0.4 is 5.32 Å². The van der Waals surface area contributed by atoms with E-state index in [1.54, 1.807) is 17.1 Å². The fourth-order valence-electron chi connectivity index (χ4n) is 4.38. The van der Waals surface area contributed by atoms with Gasteiger partial charge in [0.15, 0.2) is 0 Å². The van der Waals surface area contributed by atoms with Crippen LogP contribution in [0.2, 0.25) is 0 Å². The maximum absolute atomic E-state index is 12.5. The van der Waals surface area contributed by atoms with E-state index in [-0.39, 0.29) is 17.4 Å². The van der Waals surface area contributed by atoms with Crippen LogP contribution in [0.25, 0.3) is 0 Å². The van der Waals surface area contributed by atoms with E-state index >= 15 is 0 Å². The maximum atomic E-state index is 12.5. The standard InChI is InChI=1S/C22H28N4O3/c27-20(16-25-12-9-23-17-25)26-10-7-22(8-11-26)14-18(6-13-29-22)15-24-21(28)19-4-2-1-3-5-19/h1-5,9,12,17-18H,6-8,10-11,13-16H2,(H,24,28). The highest BCUT2D eigenvalue weighted by Gasteiger charge is 2.41. The summed E-state index contributed by atoms with van der Waals surface area (Å²) in [6.07, 6.45) is 8.76. The molecule has 1 aromatic carbocycles. The minimum absolute atomic E-state index is 0.0222. The van der Waals surface area contributed by atoms with Gasteiger partial charge in [-0.15, -0.1) is 0 Å². The van der Waals surface area contributed by atoms with Crippen molar-refractivity contribution in [3.05, 3.63) is 54.6 Å². The second-order valence-corrected chi connectivity index (χ2v) is 8.08. The van der Waals surface area contributed by atoms with Crippen molar-refractivity contribution in [2.45, 2.75) is 37.8 Å². The van der Waals surface area contributed by atoms with Crippen LogP contribution in [0.3, 0.4) is 0 Å². The number of piperidine rings is 1. The molecule has 1 spiro atoms. The molecule has 154 valence electrons. The van der Waals surface area contributed by atoms with Gasteiger partial charge in [0.2, 0.25) is 5.91 Å². The average Bonchev–Trinajstić information content (AvgIpc) is 3.26. The van der Waals surface area contributed by atoms with Crippen LogP contribution in [0, 0.1) is 5.92 Å². The average molecular weight is 396 g/mol. The zero-order chi connectivity index (χ0) is 20.1. The number of rotatable bonds is 5. The van der Waals surface area contributed by atoms with Crippen molar-refractivity contribution in [1.29, 1.82) is 0 Å². The molecule has 1 N–H and O–H groups in total. The summed E-state index contributed by atoms with van der Waals surface area (Å²) in [6.45, 7) is 3.16. The van der Waals surface area contributed by atoms with Crippen molar-refractivity contribution in [3.8, 4) is 0 Å². The molecule has 7 nitrogen and oxygen atoms in total. The van der Waals surface area contributed by atoms with Crippen molar-refractivity contribution < 1.29 is 14.3 Å². The van der Waals surface area contributed by atoms with Crippen LogP contribution in [-0.2, 0) is 16.1 Å². The monoisotopic (exact) mass is 396 g/mol. The number of hydrogen-bond donors (Lipinski definition) is 1. The topological polar surface area (TPSA) is 76.5 Å². The predicted octanol–water partition coefficient (Wildman–Crippen LogP) is 2.10. The third-order valence-corrected chi connectivity index (χ3v) is 6.09. The van der Waals surface area contributed by atoms with Crippen LogP contribution in [0.4, 0.5) is 0 Å². The van der Waals surface area contributed by atoms with Crippen molar-refractivity contribution in [1.82, 2.24) is 19.8 Å². The number of benzene rings is 1. The summed E-state index contributed by atoms with van der Waals surface area (Å²) in [5, 5.41) is 3.07. The smallest absolute Gasteiger partial charge is 0.251 e. The predicted molar refractivity (Wildman–Crippen MR) is 108 cm³/mol. The number of ether oxygens (including phenoxy) is 1. The summed E-state index contributed by atoms with van der Waals surface area (Å²) in [6, 6.07) is 9.32. The van der Waals surface area contributed by atoms with Crippen LogP contribution in [0.5, 0.6) is 0 Å². The first-order chi connectivity index (χ1) is 14.1.